The van der Waals surface area contributed by atoms with Crippen LogP contribution in [0.15, 0.2) is 36.7 Å². The molecule has 0 fully saturated rings. The van der Waals surface area contributed by atoms with Crippen LogP contribution in [0.1, 0.15) is 79.8 Å². The number of nitrogens with zero attached hydrogens (tertiary/aromatic N) is 10. The Hall–Kier alpha value is -6.46. The standard InChI is InChI=1S/C32H36N14O4/c1-5-45-17(3)11-23(41-45)29(49)39-31-37-21-13-19(25(33)47)15-35-27(21)43(31)9-7-8-10-44-28-22(14-20(16-36-28)26(34)48)38-32(44)40-30(50)24-12-18(4)46(6-2)42-24/h11-16H,5-10H2,1-4H3,(H2,33,47)(H2,34,48)(H,37,39,49)(H,38,40,50). The molecule has 0 aliphatic heterocycles. The number of pyridine rings is 2. The molecule has 6 aromatic rings. The van der Waals surface area contributed by atoms with Crippen molar-refractivity contribution in [3.05, 3.63) is 70.6 Å². The number of imidazole rings is 2. The topological polar surface area (TPSA) is 241 Å². The average Bonchev–Trinajstić information content (AvgIpc) is 3.84. The Kier molecular flexibility index (Phi) is 9.08. The molecule has 0 unspecified atom stereocenters. The fraction of sp³-hybridized carbons (Fsp3) is 0.312. The molecule has 6 rings (SSSR count). The molecule has 0 aromatic carbocycles. The quantitative estimate of drug-likeness (QED) is 0.130. The first-order valence-corrected chi connectivity index (χ1v) is 16.0. The third kappa shape index (κ3) is 6.49. The van der Waals surface area contributed by atoms with Gasteiger partial charge in [-0.15, -0.1) is 0 Å². The molecular formula is C32H36N14O4. The molecular weight excluding hydrogens is 644 g/mol. The summed E-state index contributed by atoms with van der Waals surface area (Å²) in [6.45, 7) is 9.57. The largest absolute Gasteiger partial charge is 0.366 e. The molecule has 0 bridgehead atoms. The van der Waals surface area contributed by atoms with Gasteiger partial charge in [0.15, 0.2) is 22.7 Å². The van der Waals surface area contributed by atoms with Gasteiger partial charge in [0.05, 0.1) is 11.1 Å². The molecule has 258 valence electrons. The van der Waals surface area contributed by atoms with Crippen molar-refractivity contribution in [2.24, 2.45) is 11.5 Å². The van der Waals surface area contributed by atoms with Gasteiger partial charge in [-0.3, -0.25) is 48.3 Å². The Morgan fingerprint density at radius 2 is 1.06 bits per heavy atom. The number of nitrogens with two attached hydrogens (primary N) is 2. The highest BCUT2D eigenvalue weighted by Gasteiger charge is 2.21. The SMILES string of the molecule is CCn1nc(C(=O)Nc2nc3cc(C(N)=O)cnc3n2CCCCn2c(NC(=O)c3cc(C)n(CC)n3)nc3cc(C(N)=O)cnc32)cc1C. The number of unbranched alkanes of at least 4 members (excludes halogenated alkanes) is 1. The second-order valence-corrected chi connectivity index (χ2v) is 11.6. The predicted octanol–water partition coefficient (Wildman–Crippen LogP) is 2.41. The van der Waals surface area contributed by atoms with E-state index in [0.717, 1.165) is 11.4 Å². The van der Waals surface area contributed by atoms with Gasteiger partial charge in [-0.25, -0.2) is 19.9 Å². The molecule has 0 saturated carbocycles. The number of anilines is 2. The van der Waals surface area contributed by atoms with E-state index < -0.39 is 23.6 Å². The summed E-state index contributed by atoms with van der Waals surface area (Å²) in [5.74, 6) is -1.74. The highest BCUT2D eigenvalue weighted by molar-refractivity contribution is 6.04. The van der Waals surface area contributed by atoms with Gasteiger partial charge in [0, 0.05) is 50.0 Å². The van der Waals surface area contributed by atoms with Crippen molar-refractivity contribution < 1.29 is 19.2 Å². The fourth-order valence-electron chi connectivity index (χ4n) is 5.66. The third-order valence-corrected chi connectivity index (χ3v) is 8.23. The second-order valence-electron chi connectivity index (χ2n) is 11.6. The maximum absolute atomic E-state index is 13.2. The van der Waals surface area contributed by atoms with Crippen LogP contribution in [0.5, 0.6) is 0 Å². The number of amides is 4. The van der Waals surface area contributed by atoms with E-state index in [1.54, 1.807) is 30.6 Å². The summed E-state index contributed by atoms with van der Waals surface area (Å²) >= 11 is 0. The van der Waals surface area contributed by atoms with Gasteiger partial charge in [0.1, 0.15) is 11.0 Å². The lowest BCUT2D eigenvalue weighted by Gasteiger charge is -2.11. The summed E-state index contributed by atoms with van der Waals surface area (Å²) in [5, 5.41) is 14.4. The monoisotopic (exact) mass is 680 g/mol. The summed E-state index contributed by atoms with van der Waals surface area (Å²) in [6.07, 6.45) is 3.85. The van der Waals surface area contributed by atoms with Crippen LogP contribution in [0.3, 0.4) is 0 Å². The Labute approximate surface area is 284 Å². The summed E-state index contributed by atoms with van der Waals surface area (Å²) < 4.78 is 6.94. The maximum atomic E-state index is 13.2. The van der Waals surface area contributed by atoms with Crippen molar-refractivity contribution >= 4 is 57.9 Å². The molecule has 0 radical (unpaired) electrons. The zero-order valence-corrected chi connectivity index (χ0v) is 28.0. The van der Waals surface area contributed by atoms with Gasteiger partial charge in [-0.2, -0.15) is 10.2 Å². The molecule has 6 N–H and O–H groups in total. The predicted molar refractivity (Wildman–Crippen MR) is 183 cm³/mol. The number of hydrogen-bond donors (Lipinski definition) is 4. The molecule has 0 aliphatic carbocycles. The number of nitrogens with one attached hydrogen (secondary N) is 2. The second kappa shape index (κ2) is 13.6. The van der Waals surface area contributed by atoms with E-state index in [4.69, 9.17) is 11.5 Å². The lowest BCUT2D eigenvalue weighted by Crippen LogP contribution is -2.18. The van der Waals surface area contributed by atoms with E-state index >= 15 is 0 Å². The van der Waals surface area contributed by atoms with Crippen molar-refractivity contribution in [2.75, 3.05) is 10.6 Å². The summed E-state index contributed by atoms with van der Waals surface area (Å²) in [4.78, 5) is 68.1. The van der Waals surface area contributed by atoms with E-state index in [-0.39, 0.29) is 34.4 Å². The molecule has 4 amide bonds. The van der Waals surface area contributed by atoms with Gasteiger partial charge < -0.3 is 11.5 Å². The van der Waals surface area contributed by atoms with Crippen molar-refractivity contribution in [1.29, 1.82) is 0 Å². The van der Waals surface area contributed by atoms with Crippen LogP contribution >= 0.6 is 0 Å². The van der Waals surface area contributed by atoms with E-state index in [9.17, 15) is 19.2 Å². The van der Waals surface area contributed by atoms with Crippen LogP contribution in [-0.4, -0.2) is 72.3 Å². The number of primary amides is 2. The summed E-state index contributed by atoms with van der Waals surface area (Å²) in [5.41, 5.74) is 15.1. The first-order valence-electron chi connectivity index (χ1n) is 16.0. The van der Waals surface area contributed by atoms with Crippen LogP contribution in [0.2, 0.25) is 0 Å². The fourth-order valence-corrected chi connectivity index (χ4v) is 5.66. The zero-order chi connectivity index (χ0) is 35.7. The van der Waals surface area contributed by atoms with E-state index in [0.29, 0.717) is 61.3 Å². The molecule has 6 heterocycles. The smallest absolute Gasteiger partial charge is 0.278 e. The lowest BCUT2D eigenvalue weighted by molar-refractivity contribution is 0.0991. The molecule has 0 aliphatic rings. The first kappa shape index (κ1) is 33.4. The normalized spacial score (nSPS) is 11.4. The minimum Gasteiger partial charge on any atom is -0.366 e. The van der Waals surface area contributed by atoms with Crippen LogP contribution in [0, 0.1) is 13.8 Å². The number of carbonyl (C=O) groups is 4. The first-order chi connectivity index (χ1) is 24.0. The van der Waals surface area contributed by atoms with Crippen LogP contribution in [0.25, 0.3) is 22.3 Å². The van der Waals surface area contributed by atoms with Gasteiger partial charge in [-0.05, 0) is 64.8 Å². The molecule has 0 atom stereocenters. The number of fused-ring (bicyclic) bond motifs is 2. The van der Waals surface area contributed by atoms with Crippen LogP contribution < -0.4 is 22.1 Å². The van der Waals surface area contributed by atoms with Gasteiger partial charge >= 0.3 is 0 Å². The van der Waals surface area contributed by atoms with E-state index in [1.807, 2.05) is 27.7 Å². The molecule has 0 saturated heterocycles. The van der Waals surface area contributed by atoms with Gasteiger partial charge in [-0.1, -0.05) is 0 Å². The minimum atomic E-state index is -0.652. The van der Waals surface area contributed by atoms with Crippen molar-refractivity contribution in [1.82, 2.24) is 48.6 Å². The highest BCUT2D eigenvalue weighted by Crippen LogP contribution is 2.23. The Morgan fingerprint density at radius 1 is 0.660 bits per heavy atom. The zero-order valence-electron chi connectivity index (χ0n) is 28.0. The average molecular weight is 681 g/mol. The lowest BCUT2D eigenvalue weighted by atomic mass is 10.2. The molecule has 50 heavy (non-hydrogen) atoms. The third-order valence-electron chi connectivity index (χ3n) is 8.23. The summed E-state index contributed by atoms with van der Waals surface area (Å²) in [6, 6.07) is 6.43. The van der Waals surface area contributed by atoms with Gasteiger partial charge in [0.2, 0.25) is 23.7 Å². The van der Waals surface area contributed by atoms with E-state index in [2.05, 4.69) is 40.8 Å². The Bertz CT molecular complexity index is 2130. The van der Waals surface area contributed by atoms with Crippen molar-refractivity contribution in [2.45, 2.75) is 66.7 Å². The van der Waals surface area contributed by atoms with Gasteiger partial charge in [0.25, 0.3) is 11.8 Å². The summed E-state index contributed by atoms with van der Waals surface area (Å²) in [7, 11) is 0. The number of carbonyl (C=O) groups excluding carboxylic acids is 4. The number of aryl methyl sites for hydroxylation is 6. The molecule has 18 nitrogen and oxygen atoms in total. The van der Waals surface area contributed by atoms with Crippen molar-refractivity contribution in [3.8, 4) is 0 Å². The van der Waals surface area contributed by atoms with E-state index in [1.165, 1.54) is 24.5 Å². The number of hydrogen-bond acceptors (Lipinski definition) is 10. The van der Waals surface area contributed by atoms with Crippen LogP contribution in [-0.2, 0) is 26.2 Å². The Morgan fingerprint density at radius 3 is 1.40 bits per heavy atom. The number of aromatic nitrogens is 10. The number of rotatable bonds is 13. The van der Waals surface area contributed by atoms with Crippen LogP contribution in [0.4, 0.5) is 11.9 Å². The molecule has 6 aromatic heterocycles. The molecule has 18 heteroatoms. The maximum Gasteiger partial charge on any atom is 0.278 e. The molecule has 0 spiro atoms. The Balaban J connectivity index is 1.25. The minimum absolute atomic E-state index is 0.183. The van der Waals surface area contributed by atoms with Crippen molar-refractivity contribution in [3.63, 3.8) is 0 Å². The highest BCUT2D eigenvalue weighted by atomic mass is 16.2.